The van der Waals surface area contributed by atoms with Gasteiger partial charge in [-0.1, -0.05) is 0 Å². The second-order valence-electron chi connectivity index (χ2n) is 6.02. The first-order valence-corrected chi connectivity index (χ1v) is 8.73. The van der Waals surface area contributed by atoms with Crippen molar-refractivity contribution >= 4 is 34.8 Å². The van der Waals surface area contributed by atoms with Gasteiger partial charge in [-0.3, -0.25) is 9.59 Å². The number of carbonyl (C=O) groups is 3. The van der Waals surface area contributed by atoms with E-state index in [4.69, 9.17) is 4.74 Å². The van der Waals surface area contributed by atoms with Crippen LogP contribution in [-0.4, -0.2) is 42.9 Å². The van der Waals surface area contributed by atoms with Gasteiger partial charge in [-0.05, 0) is 37.1 Å². The number of nitrogens with one attached hydrogen (secondary N) is 1. The molecule has 3 rings (SSSR count). The maximum Gasteiger partial charge on any atom is 0.350 e. The summed E-state index contributed by atoms with van der Waals surface area (Å²) in [5.41, 5.74) is 0.503. The molecule has 0 bridgehead atoms. The van der Waals surface area contributed by atoms with Crippen molar-refractivity contribution in [1.82, 2.24) is 4.90 Å². The molecule has 2 amide bonds. The minimum atomic E-state index is -0.444. The Balaban J connectivity index is 1.54. The van der Waals surface area contributed by atoms with Crippen LogP contribution in [0.4, 0.5) is 5.69 Å². The summed E-state index contributed by atoms with van der Waals surface area (Å²) in [6, 6.07) is 1.71. The number of rotatable bonds is 4. The van der Waals surface area contributed by atoms with Crippen LogP contribution in [0.5, 0.6) is 0 Å². The van der Waals surface area contributed by atoms with Crippen LogP contribution in [0.2, 0.25) is 0 Å². The lowest BCUT2D eigenvalue weighted by atomic mass is 9.95. The maximum atomic E-state index is 12.4. The predicted octanol–water partition coefficient (Wildman–Crippen LogP) is 2.12. The fourth-order valence-electron chi connectivity index (χ4n) is 2.84. The molecule has 124 valence electrons. The molecule has 7 heteroatoms. The summed E-state index contributed by atoms with van der Waals surface area (Å²) >= 11 is 1.24. The molecule has 0 unspecified atom stereocenters. The standard InChI is InChI=1S/C16H20N2O4S/c1-22-16(21)13-12(6-9-23-13)17-14(19)10-4-7-18(8-5-10)15(20)11-2-3-11/h6,9-11H,2-5,7-8H2,1H3,(H,17,19). The third kappa shape index (κ3) is 3.55. The molecule has 6 nitrogen and oxygen atoms in total. The highest BCUT2D eigenvalue weighted by Gasteiger charge is 2.36. The minimum Gasteiger partial charge on any atom is -0.465 e. The summed E-state index contributed by atoms with van der Waals surface area (Å²) < 4.78 is 4.71. The number of esters is 1. The van der Waals surface area contributed by atoms with Gasteiger partial charge in [-0.15, -0.1) is 11.3 Å². The van der Waals surface area contributed by atoms with Crippen LogP contribution in [0.15, 0.2) is 11.4 Å². The van der Waals surface area contributed by atoms with Crippen LogP contribution in [-0.2, 0) is 14.3 Å². The average Bonchev–Trinajstić information content (AvgIpc) is 3.33. The van der Waals surface area contributed by atoms with Crippen molar-refractivity contribution in [2.75, 3.05) is 25.5 Å². The third-order valence-corrected chi connectivity index (χ3v) is 5.29. The Bertz CT molecular complexity index is 615. The lowest BCUT2D eigenvalue weighted by Gasteiger charge is -2.31. The SMILES string of the molecule is COC(=O)c1sccc1NC(=O)C1CCN(C(=O)C2CC2)CC1. The number of nitrogens with zero attached hydrogens (tertiary/aromatic N) is 1. The number of hydrogen-bond donors (Lipinski definition) is 1. The molecule has 1 aliphatic carbocycles. The van der Waals surface area contributed by atoms with Crippen LogP contribution in [0, 0.1) is 11.8 Å². The molecule has 1 saturated heterocycles. The molecule has 23 heavy (non-hydrogen) atoms. The average molecular weight is 336 g/mol. The molecular weight excluding hydrogens is 316 g/mol. The zero-order valence-electron chi connectivity index (χ0n) is 13.0. The molecule has 2 heterocycles. The second-order valence-corrected chi connectivity index (χ2v) is 6.93. The Labute approximate surface area is 138 Å². The second kappa shape index (κ2) is 6.70. The van der Waals surface area contributed by atoms with Crippen LogP contribution in [0.1, 0.15) is 35.4 Å². The van der Waals surface area contributed by atoms with Crippen molar-refractivity contribution in [3.8, 4) is 0 Å². The Morgan fingerprint density at radius 1 is 1.17 bits per heavy atom. The summed E-state index contributed by atoms with van der Waals surface area (Å²) in [6.45, 7) is 1.28. The summed E-state index contributed by atoms with van der Waals surface area (Å²) in [5.74, 6) is -0.181. The van der Waals surface area contributed by atoms with Gasteiger partial charge in [0.05, 0.1) is 12.8 Å². The van der Waals surface area contributed by atoms with E-state index in [0.717, 1.165) is 12.8 Å². The fraction of sp³-hybridized carbons (Fsp3) is 0.562. The molecule has 0 atom stereocenters. The van der Waals surface area contributed by atoms with Crippen molar-refractivity contribution in [3.63, 3.8) is 0 Å². The highest BCUT2D eigenvalue weighted by atomic mass is 32.1. The number of thiophene rings is 1. The molecule has 0 spiro atoms. The molecule has 2 fully saturated rings. The fourth-order valence-corrected chi connectivity index (χ4v) is 3.61. The Kier molecular flexibility index (Phi) is 4.66. The predicted molar refractivity (Wildman–Crippen MR) is 86.3 cm³/mol. The first kappa shape index (κ1) is 16.0. The van der Waals surface area contributed by atoms with E-state index in [1.54, 1.807) is 11.4 Å². The van der Waals surface area contributed by atoms with Crippen molar-refractivity contribution in [2.45, 2.75) is 25.7 Å². The number of anilines is 1. The van der Waals surface area contributed by atoms with Gasteiger partial charge < -0.3 is 15.0 Å². The van der Waals surface area contributed by atoms with E-state index in [-0.39, 0.29) is 23.7 Å². The lowest BCUT2D eigenvalue weighted by Crippen LogP contribution is -2.42. The van der Waals surface area contributed by atoms with Gasteiger partial charge in [0.25, 0.3) is 0 Å². The van der Waals surface area contributed by atoms with Gasteiger partial charge in [0.15, 0.2) is 0 Å². The Hall–Kier alpha value is -1.89. The number of amides is 2. The molecule has 0 aromatic carbocycles. The normalized spacial score (nSPS) is 18.6. The monoisotopic (exact) mass is 336 g/mol. The van der Waals surface area contributed by atoms with Gasteiger partial charge in [-0.2, -0.15) is 0 Å². The quantitative estimate of drug-likeness (QED) is 0.855. The van der Waals surface area contributed by atoms with E-state index < -0.39 is 5.97 Å². The summed E-state index contributed by atoms with van der Waals surface area (Å²) in [6.07, 6.45) is 3.35. The van der Waals surface area contributed by atoms with E-state index >= 15 is 0 Å². The van der Waals surface area contributed by atoms with E-state index in [1.165, 1.54) is 18.4 Å². The van der Waals surface area contributed by atoms with E-state index in [0.29, 0.717) is 36.5 Å². The molecule has 1 aromatic heterocycles. The van der Waals surface area contributed by atoms with Gasteiger partial charge >= 0.3 is 5.97 Å². The van der Waals surface area contributed by atoms with Gasteiger partial charge in [0.2, 0.25) is 11.8 Å². The van der Waals surface area contributed by atoms with Crippen molar-refractivity contribution < 1.29 is 19.1 Å². The summed E-state index contributed by atoms with van der Waals surface area (Å²) in [4.78, 5) is 38.3. The molecule has 2 aliphatic rings. The third-order valence-electron chi connectivity index (χ3n) is 4.40. The van der Waals surface area contributed by atoms with Crippen LogP contribution < -0.4 is 5.32 Å². The van der Waals surface area contributed by atoms with E-state index in [2.05, 4.69) is 5.32 Å². The molecule has 1 aliphatic heterocycles. The zero-order chi connectivity index (χ0) is 16.4. The highest BCUT2D eigenvalue weighted by Crippen LogP contribution is 2.32. The number of likely N-dealkylation sites (tertiary alicyclic amines) is 1. The number of hydrogen-bond acceptors (Lipinski definition) is 5. The minimum absolute atomic E-state index is 0.0907. The van der Waals surface area contributed by atoms with Crippen molar-refractivity contribution in [1.29, 1.82) is 0 Å². The smallest absolute Gasteiger partial charge is 0.350 e. The van der Waals surface area contributed by atoms with Gasteiger partial charge in [0, 0.05) is 24.9 Å². The van der Waals surface area contributed by atoms with E-state index in [9.17, 15) is 14.4 Å². The Morgan fingerprint density at radius 2 is 1.87 bits per heavy atom. The van der Waals surface area contributed by atoms with Gasteiger partial charge in [-0.25, -0.2) is 4.79 Å². The summed E-state index contributed by atoms with van der Waals surface area (Å²) in [5, 5.41) is 4.57. The zero-order valence-corrected chi connectivity index (χ0v) is 13.9. The Morgan fingerprint density at radius 3 is 2.48 bits per heavy atom. The maximum absolute atomic E-state index is 12.4. The van der Waals surface area contributed by atoms with E-state index in [1.807, 2.05) is 4.90 Å². The highest BCUT2D eigenvalue weighted by molar-refractivity contribution is 7.12. The molecule has 1 aromatic rings. The van der Waals surface area contributed by atoms with Gasteiger partial charge in [0.1, 0.15) is 4.88 Å². The summed E-state index contributed by atoms with van der Waals surface area (Å²) in [7, 11) is 1.32. The molecule has 1 saturated carbocycles. The number of ether oxygens (including phenoxy) is 1. The van der Waals surface area contributed by atoms with Crippen LogP contribution >= 0.6 is 11.3 Å². The van der Waals surface area contributed by atoms with Crippen LogP contribution in [0.3, 0.4) is 0 Å². The molecule has 0 radical (unpaired) electrons. The number of methoxy groups -OCH3 is 1. The van der Waals surface area contributed by atoms with Crippen LogP contribution in [0.25, 0.3) is 0 Å². The molecular formula is C16H20N2O4S. The first-order valence-electron chi connectivity index (χ1n) is 7.85. The van der Waals surface area contributed by atoms with Crippen molar-refractivity contribution in [3.05, 3.63) is 16.3 Å². The first-order chi connectivity index (χ1) is 11.1. The molecule has 1 N–H and O–H groups in total. The largest absolute Gasteiger partial charge is 0.465 e. The van der Waals surface area contributed by atoms with Crippen molar-refractivity contribution in [2.24, 2.45) is 11.8 Å². The number of piperidine rings is 1. The lowest BCUT2D eigenvalue weighted by molar-refractivity contribution is -0.135. The number of carbonyl (C=O) groups excluding carboxylic acids is 3. The topological polar surface area (TPSA) is 75.7 Å².